The fraction of sp³-hybridized carbons (Fsp3) is 0.600. The van der Waals surface area contributed by atoms with Crippen LogP contribution in [0.1, 0.15) is 26.0 Å². The van der Waals surface area contributed by atoms with Crippen molar-refractivity contribution in [3.8, 4) is 10.6 Å². The maximum absolute atomic E-state index is 10.8. The molecule has 2 aliphatic rings. The van der Waals surface area contributed by atoms with E-state index in [4.69, 9.17) is 19.7 Å². The zero-order valence-corrected chi connectivity index (χ0v) is 22.2. The Balaban J connectivity index is 1.44. The maximum atomic E-state index is 10.8. The zero-order chi connectivity index (χ0) is 26.2. The molecule has 1 saturated heterocycles. The molecule has 3 aromatic heterocycles. The van der Waals surface area contributed by atoms with Gasteiger partial charge in [0, 0.05) is 38.3 Å². The molecular formula is C25H35N7O4S. The number of rotatable bonds is 8. The molecule has 11 nitrogen and oxygen atoms in total. The molecule has 4 heterocycles. The van der Waals surface area contributed by atoms with Crippen LogP contribution < -0.4 is 10.6 Å². The van der Waals surface area contributed by atoms with Crippen molar-refractivity contribution in [1.82, 2.24) is 24.8 Å². The molecule has 1 saturated carbocycles. The van der Waals surface area contributed by atoms with Gasteiger partial charge < -0.3 is 30.7 Å². The first kappa shape index (κ1) is 26.1. The third-order valence-corrected chi connectivity index (χ3v) is 8.27. The summed E-state index contributed by atoms with van der Waals surface area (Å²) in [6, 6.07) is 1.42. The van der Waals surface area contributed by atoms with Crippen molar-refractivity contribution in [1.29, 1.82) is 0 Å². The molecule has 2 fully saturated rings. The van der Waals surface area contributed by atoms with Gasteiger partial charge in [0.15, 0.2) is 0 Å². The van der Waals surface area contributed by atoms with Crippen molar-refractivity contribution in [3.63, 3.8) is 0 Å². The Labute approximate surface area is 220 Å². The highest BCUT2D eigenvalue weighted by molar-refractivity contribution is 7.21. The van der Waals surface area contributed by atoms with E-state index in [1.807, 2.05) is 13.0 Å². The van der Waals surface area contributed by atoms with Gasteiger partial charge in [0.1, 0.15) is 22.4 Å². The number of aliphatic hydroxyl groups excluding tert-OH is 2. The normalized spacial score (nSPS) is 25.0. The van der Waals surface area contributed by atoms with Crippen molar-refractivity contribution >= 4 is 33.3 Å². The van der Waals surface area contributed by atoms with Crippen LogP contribution in [0.3, 0.4) is 0 Å². The summed E-state index contributed by atoms with van der Waals surface area (Å²) >= 11 is 1.52. The van der Waals surface area contributed by atoms with Crippen LogP contribution >= 0.6 is 11.3 Å². The molecule has 5 rings (SSSR count). The molecule has 0 radical (unpaired) electrons. The van der Waals surface area contributed by atoms with Gasteiger partial charge >= 0.3 is 0 Å². The molecule has 0 amide bonds. The fourth-order valence-corrected chi connectivity index (χ4v) is 6.14. The molecule has 5 N–H and O–H groups in total. The van der Waals surface area contributed by atoms with E-state index in [0.29, 0.717) is 24.7 Å². The van der Waals surface area contributed by atoms with Gasteiger partial charge in [-0.1, -0.05) is 0 Å². The van der Waals surface area contributed by atoms with E-state index in [0.717, 1.165) is 59.3 Å². The number of nitrogens with one attached hydrogen (secondary N) is 2. The van der Waals surface area contributed by atoms with Crippen LogP contribution in [0.15, 0.2) is 18.5 Å². The van der Waals surface area contributed by atoms with Crippen LogP contribution in [-0.2, 0) is 4.74 Å². The third-order valence-electron chi connectivity index (χ3n) is 7.22. The summed E-state index contributed by atoms with van der Waals surface area (Å²) in [6.07, 6.45) is 1.74. The van der Waals surface area contributed by atoms with Gasteiger partial charge in [-0.05, 0) is 33.3 Å². The first-order valence-corrected chi connectivity index (χ1v) is 13.5. The number of aliphatic hydroxyl groups is 3. The number of hydrogen-bond donors (Lipinski definition) is 5. The maximum Gasteiger partial charge on any atom is 0.224 e. The van der Waals surface area contributed by atoms with E-state index in [9.17, 15) is 15.3 Å². The summed E-state index contributed by atoms with van der Waals surface area (Å²) in [4.78, 5) is 20.8. The van der Waals surface area contributed by atoms with E-state index in [1.165, 1.54) is 11.3 Å². The van der Waals surface area contributed by atoms with E-state index >= 15 is 0 Å². The van der Waals surface area contributed by atoms with Crippen molar-refractivity contribution in [2.75, 3.05) is 50.0 Å². The van der Waals surface area contributed by atoms with E-state index in [-0.39, 0.29) is 0 Å². The van der Waals surface area contributed by atoms with E-state index in [2.05, 4.69) is 20.5 Å². The minimum Gasteiger partial charge on any atom is -0.390 e. The quantitative estimate of drug-likeness (QED) is 0.289. The van der Waals surface area contributed by atoms with Crippen molar-refractivity contribution < 1.29 is 20.1 Å². The molecule has 0 aromatic carbocycles. The van der Waals surface area contributed by atoms with Gasteiger partial charge in [-0.2, -0.15) is 4.98 Å². The number of fused-ring (bicyclic) bond motifs is 1. The molecule has 1 aliphatic carbocycles. The zero-order valence-electron chi connectivity index (χ0n) is 21.4. The monoisotopic (exact) mass is 529 g/mol. The third kappa shape index (κ3) is 5.69. The lowest BCUT2D eigenvalue weighted by Gasteiger charge is -2.28. The number of pyridine rings is 1. The SMILES string of the molecule is Cc1nc(NCCN2CCOCC2)nc(NC2C[C@H](C(C)(C)O)[C@@H](O)[C@H]2O)c1-c1nc2cnccc2s1. The van der Waals surface area contributed by atoms with Gasteiger partial charge in [-0.15, -0.1) is 11.3 Å². The van der Waals surface area contributed by atoms with E-state index in [1.54, 1.807) is 26.2 Å². The summed E-state index contributed by atoms with van der Waals surface area (Å²) in [6.45, 7) is 10.1. The number of thiazole rings is 1. The molecule has 0 spiro atoms. The number of aryl methyl sites for hydroxylation is 1. The van der Waals surface area contributed by atoms with Crippen molar-refractivity contribution in [2.24, 2.45) is 5.92 Å². The molecule has 3 aromatic rings. The highest BCUT2D eigenvalue weighted by atomic mass is 32.1. The van der Waals surface area contributed by atoms with Crippen LogP contribution in [0.25, 0.3) is 20.8 Å². The summed E-state index contributed by atoms with van der Waals surface area (Å²) in [5.74, 6) is 0.527. The van der Waals surface area contributed by atoms with E-state index < -0.39 is 29.8 Å². The van der Waals surface area contributed by atoms with Crippen LogP contribution in [-0.4, -0.2) is 103 Å². The van der Waals surface area contributed by atoms with Crippen LogP contribution in [0.4, 0.5) is 11.8 Å². The van der Waals surface area contributed by atoms with Crippen molar-refractivity contribution in [2.45, 2.75) is 51.0 Å². The first-order chi connectivity index (χ1) is 17.7. The van der Waals surface area contributed by atoms with Crippen LogP contribution in [0, 0.1) is 12.8 Å². The lowest BCUT2D eigenvalue weighted by Crippen LogP contribution is -2.40. The minimum absolute atomic E-state index is 0.387. The predicted molar refractivity (Wildman–Crippen MR) is 143 cm³/mol. The topological polar surface area (TPSA) is 149 Å². The average Bonchev–Trinajstić information content (AvgIpc) is 3.41. The first-order valence-electron chi connectivity index (χ1n) is 12.7. The molecule has 4 atom stereocenters. The van der Waals surface area contributed by atoms with Gasteiger partial charge in [0.05, 0.1) is 53.1 Å². The predicted octanol–water partition coefficient (Wildman–Crippen LogP) is 1.49. The molecule has 200 valence electrons. The Kier molecular flexibility index (Phi) is 7.57. The summed E-state index contributed by atoms with van der Waals surface area (Å²) in [5.41, 5.74) is 1.14. The van der Waals surface area contributed by atoms with Gasteiger partial charge in [-0.3, -0.25) is 9.88 Å². The molecule has 12 heteroatoms. The van der Waals surface area contributed by atoms with Crippen LogP contribution in [0.5, 0.6) is 0 Å². The Hall–Kier alpha value is -2.48. The second kappa shape index (κ2) is 10.7. The van der Waals surface area contributed by atoms with Crippen LogP contribution in [0.2, 0.25) is 0 Å². The Morgan fingerprint density at radius 1 is 1.16 bits per heavy atom. The highest BCUT2D eigenvalue weighted by Crippen LogP contribution is 2.40. The van der Waals surface area contributed by atoms with Gasteiger partial charge in [0.25, 0.3) is 0 Å². The summed E-state index contributed by atoms with van der Waals surface area (Å²) < 4.78 is 6.42. The lowest BCUT2D eigenvalue weighted by molar-refractivity contribution is -0.0601. The molecule has 1 unspecified atom stereocenters. The minimum atomic E-state index is -1.13. The molecule has 37 heavy (non-hydrogen) atoms. The number of hydrogen-bond acceptors (Lipinski definition) is 12. The molecule has 1 aliphatic heterocycles. The largest absolute Gasteiger partial charge is 0.390 e. The highest BCUT2D eigenvalue weighted by Gasteiger charge is 2.48. The Morgan fingerprint density at radius 3 is 2.65 bits per heavy atom. The second-order valence-corrected chi connectivity index (χ2v) is 11.4. The molecule has 0 bridgehead atoms. The standard InChI is InChI=1S/C25H35N7O4S/c1-14-19(23-30-17-13-26-5-4-18(17)37-23)22(29-16-12-15(25(2,3)35)20(33)21(16)34)31-24(28-14)27-6-7-32-8-10-36-11-9-32/h4-5,13,15-16,20-21,33-35H,6-12H2,1-3H3,(H2,27,28,29,31)/t15-,16?,20+,21-/m0/s1. The van der Waals surface area contributed by atoms with Crippen molar-refractivity contribution in [3.05, 3.63) is 24.2 Å². The second-order valence-electron chi connectivity index (χ2n) is 10.3. The number of anilines is 2. The Morgan fingerprint density at radius 2 is 1.95 bits per heavy atom. The summed E-state index contributed by atoms with van der Waals surface area (Å²) in [5, 5.41) is 39.5. The fourth-order valence-electron chi connectivity index (χ4n) is 5.10. The Bertz CT molecular complexity index is 1190. The number of morpholine rings is 1. The van der Waals surface area contributed by atoms with Gasteiger partial charge in [0.2, 0.25) is 5.95 Å². The summed E-state index contributed by atoms with van der Waals surface area (Å²) in [7, 11) is 0. The molecular weight excluding hydrogens is 494 g/mol. The number of nitrogens with zero attached hydrogens (tertiary/aromatic N) is 5. The number of ether oxygens (including phenoxy) is 1. The average molecular weight is 530 g/mol. The number of aromatic nitrogens is 4. The smallest absolute Gasteiger partial charge is 0.224 e. The van der Waals surface area contributed by atoms with Gasteiger partial charge in [-0.25, -0.2) is 9.97 Å². The lowest BCUT2D eigenvalue weighted by atomic mass is 9.88.